The molecule has 0 atom stereocenters. The summed E-state index contributed by atoms with van der Waals surface area (Å²) < 4.78 is 30.9. The van der Waals surface area contributed by atoms with Crippen molar-refractivity contribution >= 4 is 15.7 Å². The number of sulfone groups is 1. The Morgan fingerprint density at radius 3 is 2.39 bits per heavy atom. The highest BCUT2D eigenvalue weighted by Crippen LogP contribution is 2.41. The Hall–Kier alpha value is -2.34. The molecule has 1 fully saturated rings. The van der Waals surface area contributed by atoms with Gasteiger partial charge < -0.3 is 10.1 Å². The minimum absolute atomic E-state index is 0.227. The number of ether oxygens (including phenoxy) is 1. The lowest BCUT2D eigenvalue weighted by Gasteiger charge is -2.28. The van der Waals surface area contributed by atoms with Crippen molar-refractivity contribution in [3.8, 4) is 5.75 Å². The van der Waals surface area contributed by atoms with E-state index in [-0.39, 0.29) is 11.4 Å². The molecule has 2 aromatic rings. The number of hydrogen-bond acceptors (Lipinski definition) is 4. The molecular weight excluding hydrogens is 374 g/mol. The van der Waals surface area contributed by atoms with Gasteiger partial charge in [-0.2, -0.15) is 0 Å². The molecule has 2 aromatic carbocycles. The van der Waals surface area contributed by atoms with Crippen LogP contribution >= 0.6 is 0 Å². The third-order valence-electron chi connectivity index (χ3n) is 5.76. The van der Waals surface area contributed by atoms with Gasteiger partial charge in [0.2, 0.25) is 5.91 Å². The number of amides is 1. The fraction of sp³-hybridized carbons (Fsp3) is 0.409. The van der Waals surface area contributed by atoms with Crippen LogP contribution < -0.4 is 10.1 Å². The molecule has 28 heavy (non-hydrogen) atoms. The first-order valence-electron chi connectivity index (χ1n) is 9.54. The molecule has 0 spiro atoms. The molecule has 0 heterocycles. The van der Waals surface area contributed by atoms with Gasteiger partial charge in [-0.05, 0) is 56.0 Å². The van der Waals surface area contributed by atoms with Gasteiger partial charge in [0.25, 0.3) is 0 Å². The number of benzene rings is 2. The topological polar surface area (TPSA) is 72.5 Å². The Kier molecular flexibility index (Phi) is 5.79. The van der Waals surface area contributed by atoms with E-state index in [4.69, 9.17) is 4.74 Å². The van der Waals surface area contributed by atoms with Gasteiger partial charge in [0, 0.05) is 12.1 Å². The zero-order chi connectivity index (χ0) is 20.4. The molecule has 0 bridgehead atoms. The molecule has 0 radical (unpaired) electrons. The summed E-state index contributed by atoms with van der Waals surface area (Å²) in [6.45, 7) is 4.06. The third kappa shape index (κ3) is 3.53. The molecule has 150 valence electrons. The van der Waals surface area contributed by atoms with Crippen molar-refractivity contribution in [3.05, 3.63) is 59.2 Å². The van der Waals surface area contributed by atoms with Crippen LogP contribution in [0.25, 0.3) is 0 Å². The number of para-hydroxylation sites is 1. The van der Waals surface area contributed by atoms with E-state index in [1.54, 1.807) is 25.3 Å². The fourth-order valence-corrected chi connectivity index (χ4v) is 6.03. The number of carbonyl (C=O) groups is 1. The number of hydrogen-bond donors (Lipinski definition) is 1. The number of carbonyl (C=O) groups excluding carboxylic acids is 1. The van der Waals surface area contributed by atoms with Crippen LogP contribution in [0, 0.1) is 13.8 Å². The van der Waals surface area contributed by atoms with Crippen LogP contribution in [0.3, 0.4) is 0 Å². The maximum atomic E-state index is 13.5. The molecule has 1 saturated carbocycles. The summed E-state index contributed by atoms with van der Waals surface area (Å²) >= 11 is 0. The second-order valence-corrected chi connectivity index (χ2v) is 9.71. The molecule has 1 amide bonds. The lowest BCUT2D eigenvalue weighted by atomic mass is 10.1. The van der Waals surface area contributed by atoms with Gasteiger partial charge in [-0.25, -0.2) is 8.42 Å². The monoisotopic (exact) mass is 401 g/mol. The molecule has 1 N–H and O–H groups in total. The lowest BCUT2D eigenvalue weighted by Crippen LogP contribution is -2.50. The van der Waals surface area contributed by atoms with Crippen LogP contribution in [-0.2, 0) is 21.2 Å². The summed E-state index contributed by atoms with van der Waals surface area (Å²) in [5.74, 6) is 0.245. The quantitative estimate of drug-likeness (QED) is 0.801. The van der Waals surface area contributed by atoms with Crippen molar-refractivity contribution in [2.45, 2.75) is 55.7 Å². The first kappa shape index (κ1) is 20.4. The van der Waals surface area contributed by atoms with Crippen LogP contribution in [-0.4, -0.2) is 26.2 Å². The molecule has 3 rings (SSSR count). The van der Waals surface area contributed by atoms with Crippen LogP contribution in [0.1, 0.15) is 42.4 Å². The highest BCUT2D eigenvalue weighted by atomic mass is 32.2. The zero-order valence-corrected chi connectivity index (χ0v) is 17.4. The van der Waals surface area contributed by atoms with E-state index in [2.05, 4.69) is 5.32 Å². The van der Waals surface area contributed by atoms with Crippen molar-refractivity contribution < 1.29 is 17.9 Å². The third-order valence-corrected chi connectivity index (χ3v) is 8.26. The van der Waals surface area contributed by atoms with Gasteiger partial charge in [-0.3, -0.25) is 4.79 Å². The highest BCUT2D eigenvalue weighted by molar-refractivity contribution is 7.93. The van der Waals surface area contributed by atoms with E-state index in [1.807, 2.05) is 38.1 Å². The SMILES string of the molecule is COc1ccccc1CNC(=O)C1(S(=O)(=O)c2ccc(C)c(C)c2)CCCC1. The van der Waals surface area contributed by atoms with E-state index in [0.717, 1.165) is 29.5 Å². The Morgan fingerprint density at radius 2 is 1.75 bits per heavy atom. The summed E-state index contributed by atoms with van der Waals surface area (Å²) in [4.78, 5) is 13.4. The molecule has 6 heteroatoms. The average Bonchev–Trinajstić information content (AvgIpc) is 3.20. The molecule has 1 aliphatic rings. The van der Waals surface area contributed by atoms with E-state index >= 15 is 0 Å². The van der Waals surface area contributed by atoms with Crippen LogP contribution in [0.5, 0.6) is 5.75 Å². The minimum atomic E-state index is -3.80. The van der Waals surface area contributed by atoms with Gasteiger partial charge >= 0.3 is 0 Å². The standard InChI is InChI=1S/C22H27NO4S/c1-16-10-11-19(14-17(16)2)28(25,26)22(12-6-7-13-22)21(24)23-15-18-8-4-5-9-20(18)27-3/h4-5,8-11,14H,6-7,12-13,15H2,1-3H3,(H,23,24). The maximum Gasteiger partial charge on any atom is 0.242 e. The maximum absolute atomic E-state index is 13.5. The van der Waals surface area contributed by atoms with Crippen molar-refractivity contribution in [1.82, 2.24) is 5.32 Å². The van der Waals surface area contributed by atoms with Crippen LogP contribution in [0.2, 0.25) is 0 Å². The number of aryl methyl sites for hydroxylation is 2. The van der Waals surface area contributed by atoms with Crippen molar-refractivity contribution in [1.29, 1.82) is 0 Å². The normalized spacial score (nSPS) is 16.0. The lowest BCUT2D eigenvalue weighted by molar-refractivity contribution is -0.123. The number of methoxy groups -OCH3 is 1. The first-order chi connectivity index (χ1) is 13.3. The van der Waals surface area contributed by atoms with Crippen LogP contribution in [0.4, 0.5) is 0 Å². The predicted octanol–water partition coefficient (Wildman–Crippen LogP) is 3.71. The summed E-state index contributed by atoms with van der Waals surface area (Å²) in [5.41, 5.74) is 2.75. The van der Waals surface area contributed by atoms with E-state index in [1.165, 1.54) is 0 Å². The Morgan fingerprint density at radius 1 is 1.07 bits per heavy atom. The molecule has 0 unspecified atom stereocenters. The summed E-state index contributed by atoms with van der Waals surface area (Å²) in [5, 5.41) is 2.86. The van der Waals surface area contributed by atoms with E-state index in [9.17, 15) is 13.2 Å². The molecular formula is C22H27NO4S. The van der Waals surface area contributed by atoms with Gasteiger partial charge in [-0.15, -0.1) is 0 Å². The van der Waals surface area contributed by atoms with Gasteiger partial charge in [0.15, 0.2) is 14.6 Å². The van der Waals surface area contributed by atoms with Gasteiger partial charge in [0.1, 0.15) is 5.75 Å². The molecule has 0 aliphatic heterocycles. The fourth-order valence-electron chi connectivity index (χ4n) is 3.86. The second kappa shape index (κ2) is 7.95. The Balaban J connectivity index is 1.90. The van der Waals surface area contributed by atoms with Gasteiger partial charge in [-0.1, -0.05) is 37.1 Å². The number of rotatable bonds is 6. The van der Waals surface area contributed by atoms with Crippen molar-refractivity contribution in [2.24, 2.45) is 0 Å². The Bertz CT molecular complexity index is 976. The largest absolute Gasteiger partial charge is 0.496 e. The molecule has 1 aliphatic carbocycles. The predicted molar refractivity (Wildman–Crippen MR) is 109 cm³/mol. The van der Waals surface area contributed by atoms with E-state index < -0.39 is 20.5 Å². The summed E-state index contributed by atoms with van der Waals surface area (Å²) in [7, 11) is -2.23. The minimum Gasteiger partial charge on any atom is -0.496 e. The van der Waals surface area contributed by atoms with Crippen molar-refractivity contribution in [2.75, 3.05) is 7.11 Å². The Labute approximate surface area is 167 Å². The van der Waals surface area contributed by atoms with Crippen LogP contribution in [0.15, 0.2) is 47.4 Å². The van der Waals surface area contributed by atoms with E-state index in [0.29, 0.717) is 18.6 Å². The highest BCUT2D eigenvalue weighted by Gasteiger charge is 2.52. The summed E-state index contributed by atoms with van der Waals surface area (Å²) in [6, 6.07) is 12.5. The second-order valence-electron chi connectivity index (χ2n) is 7.45. The smallest absolute Gasteiger partial charge is 0.242 e. The van der Waals surface area contributed by atoms with Gasteiger partial charge in [0.05, 0.1) is 12.0 Å². The molecule has 0 aromatic heterocycles. The zero-order valence-electron chi connectivity index (χ0n) is 16.6. The average molecular weight is 402 g/mol. The number of nitrogens with one attached hydrogen (secondary N) is 1. The summed E-state index contributed by atoms with van der Waals surface area (Å²) in [6.07, 6.45) is 2.15. The first-order valence-corrected chi connectivity index (χ1v) is 11.0. The molecule has 0 saturated heterocycles. The van der Waals surface area contributed by atoms with Crippen molar-refractivity contribution in [3.63, 3.8) is 0 Å². The molecule has 5 nitrogen and oxygen atoms in total.